The summed E-state index contributed by atoms with van der Waals surface area (Å²) in [6, 6.07) is 9.78. The molecule has 0 aliphatic heterocycles. The van der Waals surface area contributed by atoms with Gasteiger partial charge >= 0.3 is 12.0 Å². The molecule has 21 heavy (non-hydrogen) atoms. The number of hydrogen-bond donors (Lipinski definition) is 2. The highest BCUT2D eigenvalue weighted by Crippen LogP contribution is 2.10. The van der Waals surface area contributed by atoms with Gasteiger partial charge in [-0.3, -0.25) is 4.98 Å². The summed E-state index contributed by atoms with van der Waals surface area (Å²) in [5.41, 5.74) is 1.98. The molecular formula is C15H15N3O3. The fourth-order valence-electron chi connectivity index (χ4n) is 1.67. The van der Waals surface area contributed by atoms with Crippen molar-refractivity contribution >= 4 is 17.7 Å². The number of esters is 1. The molecule has 2 rings (SSSR count). The van der Waals surface area contributed by atoms with Gasteiger partial charge in [0.05, 0.1) is 12.7 Å². The van der Waals surface area contributed by atoms with Crippen LogP contribution in [0, 0.1) is 0 Å². The summed E-state index contributed by atoms with van der Waals surface area (Å²) in [6.45, 7) is 0.411. The van der Waals surface area contributed by atoms with Crippen LogP contribution in [-0.4, -0.2) is 24.1 Å². The van der Waals surface area contributed by atoms with Gasteiger partial charge < -0.3 is 15.4 Å². The summed E-state index contributed by atoms with van der Waals surface area (Å²) in [6.07, 6.45) is 3.33. The molecule has 0 saturated carbocycles. The molecule has 0 aliphatic rings. The van der Waals surface area contributed by atoms with Crippen LogP contribution in [0.1, 0.15) is 15.9 Å². The minimum atomic E-state index is -0.413. The molecule has 6 nitrogen and oxygen atoms in total. The monoisotopic (exact) mass is 285 g/mol. The van der Waals surface area contributed by atoms with Crippen LogP contribution in [0.3, 0.4) is 0 Å². The maximum atomic E-state index is 11.7. The van der Waals surface area contributed by atoms with E-state index in [1.54, 1.807) is 36.7 Å². The van der Waals surface area contributed by atoms with Gasteiger partial charge in [-0.1, -0.05) is 0 Å². The van der Waals surface area contributed by atoms with E-state index in [1.807, 2.05) is 12.1 Å². The first-order valence-electron chi connectivity index (χ1n) is 6.31. The smallest absolute Gasteiger partial charge is 0.337 e. The van der Waals surface area contributed by atoms with Crippen molar-refractivity contribution in [2.75, 3.05) is 12.4 Å². The third-order valence-corrected chi connectivity index (χ3v) is 2.77. The third-order valence-electron chi connectivity index (χ3n) is 2.77. The molecule has 0 spiro atoms. The molecule has 2 amide bonds. The number of pyridine rings is 1. The molecule has 0 radical (unpaired) electrons. The maximum Gasteiger partial charge on any atom is 0.337 e. The standard InChI is InChI=1S/C15H15N3O3/c1-21-14(19)12-2-4-13(5-3-12)18-15(20)17-10-11-6-8-16-9-7-11/h2-9H,10H2,1H3,(H2,17,18,20). The Bertz CT molecular complexity index is 612. The minimum Gasteiger partial charge on any atom is -0.465 e. The van der Waals surface area contributed by atoms with E-state index in [0.29, 0.717) is 17.8 Å². The Morgan fingerprint density at radius 3 is 2.38 bits per heavy atom. The number of methoxy groups -OCH3 is 1. The van der Waals surface area contributed by atoms with Crippen LogP contribution < -0.4 is 10.6 Å². The minimum absolute atomic E-state index is 0.322. The highest BCUT2D eigenvalue weighted by Gasteiger charge is 2.06. The summed E-state index contributed by atoms with van der Waals surface area (Å²) >= 11 is 0. The second-order valence-electron chi connectivity index (χ2n) is 4.23. The Morgan fingerprint density at radius 1 is 1.10 bits per heavy atom. The number of nitrogens with zero attached hydrogens (tertiary/aromatic N) is 1. The van der Waals surface area contributed by atoms with Crippen molar-refractivity contribution in [2.45, 2.75) is 6.54 Å². The second kappa shape index (κ2) is 7.04. The van der Waals surface area contributed by atoms with Crippen molar-refractivity contribution < 1.29 is 14.3 Å². The van der Waals surface area contributed by atoms with Crippen LogP contribution in [-0.2, 0) is 11.3 Å². The molecule has 0 fully saturated rings. The quantitative estimate of drug-likeness (QED) is 0.844. The average Bonchev–Trinajstić information content (AvgIpc) is 2.54. The van der Waals surface area contributed by atoms with E-state index < -0.39 is 5.97 Å². The number of hydrogen-bond acceptors (Lipinski definition) is 4. The number of carbonyl (C=O) groups excluding carboxylic acids is 2. The van der Waals surface area contributed by atoms with Crippen molar-refractivity contribution in [2.24, 2.45) is 0 Å². The zero-order chi connectivity index (χ0) is 15.1. The van der Waals surface area contributed by atoms with Crippen LogP contribution in [0.25, 0.3) is 0 Å². The van der Waals surface area contributed by atoms with Crippen molar-refractivity contribution in [1.29, 1.82) is 0 Å². The SMILES string of the molecule is COC(=O)c1ccc(NC(=O)NCc2ccncc2)cc1. The van der Waals surface area contributed by atoms with Gasteiger partial charge in [-0.25, -0.2) is 9.59 Å². The Kier molecular flexibility index (Phi) is 4.87. The summed E-state index contributed by atoms with van der Waals surface area (Å²) in [5.74, 6) is -0.413. The zero-order valence-corrected chi connectivity index (χ0v) is 11.5. The van der Waals surface area contributed by atoms with E-state index in [1.165, 1.54) is 7.11 Å². The Labute approximate surface area is 122 Å². The van der Waals surface area contributed by atoms with Gasteiger partial charge in [-0.05, 0) is 42.0 Å². The van der Waals surface area contributed by atoms with Crippen LogP contribution in [0.2, 0.25) is 0 Å². The average molecular weight is 285 g/mol. The first-order chi connectivity index (χ1) is 10.2. The van der Waals surface area contributed by atoms with Crippen molar-refractivity contribution in [3.63, 3.8) is 0 Å². The molecule has 0 unspecified atom stereocenters. The number of amides is 2. The topological polar surface area (TPSA) is 80.3 Å². The summed E-state index contributed by atoms with van der Waals surface area (Å²) in [7, 11) is 1.32. The molecule has 108 valence electrons. The van der Waals surface area contributed by atoms with Crippen molar-refractivity contribution in [3.05, 3.63) is 59.9 Å². The molecule has 0 atom stereocenters. The van der Waals surface area contributed by atoms with Gasteiger partial charge in [0.25, 0.3) is 0 Å². The van der Waals surface area contributed by atoms with E-state index in [-0.39, 0.29) is 6.03 Å². The fraction of sp³-hybridized carbons (Fsp3) is 0.133. The Morgan fingerprint density at radius 2 is 1.76 bits per heavy atom. The van der Waals surface area contributed by atoms with E-state index in [9.17, 15) is 9.59 Å². The summed E-state index contributed by atoms with van der Waals surface area (Å²) < 4.78 is 4.60. The van der Waals surface area contributed by atoms with Gasteiger partial charge in [0.1, 0.15) is 0 Å². The van der Waals surface area contributed by atoms with Gasteiger partial charge in [0.2, 0.25) is 0 Å². The van der Waals surface area contributed by atoms with Crippen LogP contribution >= 0.6 is 0 Å². The molecule has 0 saturated heterocycles. The molecule has 1 aromatic heterocycles. The maximum absolute atomic E-state index is 11.7. The van der Waals surface area contributed by atoms with Crippen molar-refractivity contribution in [1.82, 2.24) is 10.3 Å². The van der Waals surface area contributed by atoms with Crippen molar-refractivity contribution in [3.8, 4) is 0 Å². The van der Waals surface area contributed by atoms with Crippen LogP contribution in [0.15, 0.2) is 48.8 Å². The molecule has 1 heterocycles. The van der Waals surface area contributed by atoms with E-state index in [2.05, 4.69) is 20.4 Å². The molecule has 0 aliphatic carbocycles. The lowest BCUT2D eigenvalue weighted by molar-refractivity contribution is 0.0601. The van der Waals surface area contributed by atoms with Crippen LogP contribution in [0.4, 0.5) is 10.5 Å². The van der Waals surface area contributed by atoms with Gasteiger partial charge in [-0.2, -0.15) is 0 Å². The highest BCUT2D eigenvalue weighted by atomic mass is 16.5. The number of carbonyl (C=O) groups is 2. The van der Waals surface area contributed by atoms with Gasteiger partial charge in [0.15, 0.2) is 0 Å². The highest BCUT2D eigenvalue weighted by molar-refractivity contribution is 5.92. The number of rotatable bonds is 4. The lowest BCUT2D eigenvalue weighted by Gasteiger charge is -2.08. The van der Waals surface area contributed by atoms with Gasteiger partial charge in [-0.15, -0.1) is 0 Å². The first kappa shape index (κ1) is 14.5. The molecule has 6 heteroatoms. The summed E-state index contributed by atoms with van der Waals surface area (Å²) in [5, 5.41) is 5.41. The predicted molar refractivity (Wildman–Crippen MR) is 77.9 cm³/mol. The lowest BCUT2D eigenvalue weighted by Crippen LogP contribution is -2.28. The van der Waals surface area contributed by atoms with Gasteiger partial charge in [0, 0.05) is 24.6 Å². The fourth-order valence-corrected chi connectivity index (χ4v) is 1.67. The Hall–Kier alpha value is -2.89. The Balaban J connectivity index is 1.86. The third kappa shape index (κ3) is 4.31. The molecule has 1 aromatic carbocycles. The lowest BCUT2D eigenvalue weighted by atomic mass is 10.2. The van der Waals surface area contributed by atoms with E-state index >= 15 is 0 Å². The number of benzene rings is 1. The van der Waals surface area contributed by atoms with E-state index in [0.717, 1.165) is 5.56 Å². The largest absolute Gasteiger partial charge is 0.465 e. The molecule has 0 bridgehead atoms. The molecule has 2 N–H and O–H groups in total. The molecule has 2 aromatic rings. The van der Waals surface area contributed by atoms with Crippen LogP contribution in [0.5, 0.6) is 0 Å². The number of nitrogens with one attached hydrogen (secondary N) is 2. The zero-order valence-electron chi connectivity index (χ0n) is 11.5. The summed E-state index contributed by atoms with van der Waals surface area (Å²) in [4.78, 5) is 26.9. The molecular weight excluding hydrogens is 270 g/mol. The second-order valence-corrected chi connectivity index (χ2v) is 4.23. The number of ether oxygens (including phenoxy) is 1. The first-order valence-corrected chi connectivity index (χ1v) is 6.31. The number of anilines is 1. The normalized spacial score (nSPS) is 9.76. The number of urea groups is 1. The van der Waals surface area contributed by atoms with E-state index in [4.69, 9.17) is 0 Å². The predicted octanol–water partition coefficient (Wildman–Crippen LogP) is 2.19. The number of aromatic nitrogens is 1.